The van der Waals surface area contributed by atoms with E-state index in [-0.39, 0.29) is 41.4 Å². The van der Waals surface area contributed by atoms with Gasteiger partial charge in [-0.1, -0.05) is 54.6 Å². The minimum Gasteiger partial charge on any atom is -0.324 e. The summed E-state index contributed by atoms with van der Waals surface area (Å²) in [6.45, 7) is 1.96. The average molecular weight is 427 g/mol. The van der Waals surface area contributed by atoms with Crippen molar-refractivity contribution in [2.45, 2.75) is 25.8 Å². The van der Waals surface area contributed by atoms with E-state index >= 15 is 0 Å². The number of imide groups is 1. The van der Waals surface area contributed by atoms with E-state index in [1.165, 1.54) is 4.90 Å². The highest BCUT2D eigenvalue weighted by atomic mass is 16.2. The van der Waals surface area contributed by atoms with Crippen molar-refractivity contribution < 1.29 is 14.4 Å². The summed E-state index contributed by atoms with van der Waals surface area (Å²) in [5.41, 5.74) is 2.63. The summed E-state index contributed by atoms with van der Waals surface area (Å²) in [4.78, 5) is 42.1. The highest BCUT2D eigenvalue weighted by molar-refractivity contribution is 6.10. The molecule has 2 bridgehead atoms. The molecule has 3 fully saturated rings. The number of carbonyl (C=O) groups excluding carboxylic acids is 3. The van der Waals surface area contributed by atoms with Gasteiger partial charge in [-0.15, -0.1) is 0 Å². The summed E-state index contributed by atoms with van der Waals surface area (Å²) < 4.78 is 0. The van der Waals surface area contributed by atoms with Gasteiger partial charge < -0.3 is 5.32 Å². The fourth-order valence-corrected chi connectivity index (χ4v) is 6.37. The average Bonchev–Trinajstić information content (AvgIpc) is 3.57. The fourth-order valence-electron chi connectivity index (χ4n) is 6.37. The van der Waals surface area contributed by atoms with Crippen LogP contribution in [0.4, 0.5) is 5.69 Å². The molecule has 0 aromatic heterocycles. The third-order valence-electron chi connectivity index (χ3n) is 7.87. The monoisotopic (exact) mass is 426 g/mol. The number of amides is 3. The molecule has 4 aliphatic carbocycles. The van der Waals surface area contributed by atoms with Crippen molar-refractivity contribution in [3.63, 3.8) is 0 Å². The lowest BCUT2D eigenvalue weighted by molar-refractivity contribution is -0.146. The number of rotatable bonds is 5. The van der Waals surface area contributed by atoms with Crippen LogP contribution in [0.15, 0.2) is 66.7 Å². The minimum atomic E-state index is -0.862. The second-order valence-corrected chi connectivity index (χ2v) is 9.77. The van der Waals surface area contributed by atoms with Crippen molar-refractivity contribution in [3.05, 3.63) is 77.9 Å². The third kappa shape index (κ3) is 2.94. The predicted molar refractivity (Wildman–Crippen MR) is 120 cm³/mol. The molecule has 7 rings (SSSR count). The Hall–Kier alpha value is -3.21. The van der Waals surface area contributed by atoms with Crippen molar-refractivity contribution in [1.82, 2.24) is 4.90 Å². The Morgan fingerprint density at radius 2 is 1.62 bits per heavy atom. The van der Waals surface area contributed by atoms with E-state index in [1.54, 1.807) is 0 Å². The molecular weight excluding hydrogens is 400 g/mol. The normalized spacial score (nSPS) is 32.5. The van der Waals surface area contributed by atoms with Gasteiger partial charge in [0, 0.05) is 12.1 Å². The molecule has 2 aromatic carbocycles. The Morgan fingerprint density at radius 1 is 0.969 bits per heavy atom. The van der Waals surface area contributed by atoms with Gasteiger partial charge in [0.15, 0.2) is 0 Å². The lowest BCUT2D eigenvalue weighted by Crippen LogP contribution is -2.49. The van der Waals surface area contributed by atoms with Gasteiger partial charge in [0.1, 0.15) is 6.04 Å². The Labute approximate surface area is 187 Å². The molecule has 1 heterocycles. The summed E-state index contributed by atoms with van der Waals surface area (Å²) in [5, 5.41) is 2.96. The molecule has 5 aliphatic rings. The van der Waals surface area contributed by atoms with Crippen molar-refractivity contribution >= 4 is 23.4 Å². The standard InChI is InChI=1S/C27H26N2O3/c1-15-6-5-9-17(12-15)28-25(30)22(13-16-7-3-2-4-8-16)29-26(31)23-18-10-11-19(21-14-20(18)21)24(23)27(29)32/h2-12,18-24H,13-14H2,1H3,(H,28,30). The first kappa shape index (κ1) is 19.5. The minimum absolute atomic E-state index is 0.147. The first-order valence-electron chi connectivity index (χ1n) is 11.5. The molecule has 0 radical (unpaired) electrons. The topological polar surface area (TPSA) is 66.5 Å². The van der Waals surface area contributed by atoms with E-state index in [0.717, 1.165) is 17.5 Å². The number of hydrogen-bond donors (Lipinski definition) is 1. The maximum Gasteiger partial charge on any atom is 0.248 e. The van der Waals surface area contributed by atoms with Crippen LogP contribution < -0.4 is 5.32 Å². The number of allylic oxidation sites excluding steroid dienone is 2. The summed E-state index contributed by atoms with van der Waals surface area (Å²) in [6.07, 6.45) is 5.75. The van der Waals surface area contributed by atoms with E-state index in [9.17, 15) is 14.4 Å². The second-order valence-electron chi connectivity index (χ2n) is 9.77. The van der Waals surface area contributed by atoms with Crippen LogP contribution in [-0.2, 0) is 20.8 Å². The predicted octanol–water partition coefficient (Wildman–Crippen LogP) is 3.60. The van der Waals surface area contributed by atoms with E-state index in [0.29, 0.717) is 23.9 Å². The molecule has 7 unspecified atom stereocenters. The molecular formula is C27H26N2O3. The van der Waals surface area contributed by atoms with E-state index in [1.807, 2.05) is 61.5 Å². The molecule has 2 aromatic rings. The van der Waals surface area contributed by atoms with E-state index in [4.69, 9.17) is 0 Å². The first-order chi connectivity index (χ1) is 15.5. The molecule has 2 saturated carbocycles. The zero-order valence-electron chi connectivity index (χ0n) is 18.0. The van der Waals surface area contributed by atoms with Crippen LogP contribution in [0.2, 0.25) is 0 Å². The second kappa shape index (κ2) is 7.16. The Kier molecular flexibility index (Phi) is 4.36. The molecule has 1 aliphatic heterocycles. The van der Waals surface area contributed by atoms with E-state index < -0.39 is 6.04 Å². The zero-order chi connectivity index (χ0) is 22.0. The van der Waals surface area contributed by atoms with Crippen LogP contribution in [0.5, 0.6) is 0 Å². The van der Waals surface area contributed by atoms with Crippen molar-refractivity contribution in [2.24, 2.45) is 35.5 Å². The van der Waals surface area contributed by atoms with Gasteiger partial charge in [-0.05, 0) is 60.3 Å². The Bertz CT molecular complexity index is 1100. The maximum absolute atomic E-state index is 13.6. The van der Waals surface area contributed by atoms with Crippen LogP contribution in [-0.4, -0.2) is 28.7 Å². The molecule has 162 valence electrons. The highest BCUT2D eigenvalue weighted by Crippen LogP contribution is 2.65. The number of aryl methyl sites for hydroxylation is 1. The molecule has 32 heavy (non-hydrogen) atoms. The largest absolute Gasteiger partial charge is 0.324 e. The number of nitrogens with zero attached hydrogens (tertiary/aromatic N) is 1. The molecule has 1 N–H and O–H groups in total. The molecule has 0 spiro atoms. The highest BCUT2D eigenvalue weighted by Gasteiger charge is 2.67. The van der Waals surface area contributed by atoms with Gasteiger partial charge in [0.25, 0.3) is 0 Å². The van der Waals surface area contributed by atoms with Gasteiger partial charge in [0.05, 0.1) is 11.8 Å². The van der Waals surface area contributed by atoms with Gasteiger partial charge in [0.2, 0.25) is 17.7 Å². The first-order valence-corrected chi connectivity index (χ1v) is 11.5. The number of likely N-dealkylation sites (tertiary alicyclic amines) is 1. The van der Waals surface area contributed by atoms with Gasteiger partial charge in [-0.2, -0.15) is 0 Å². The molecule has 5 heteroatoms. The number of nitrogens with one attached hydrogen (secondary N) is 1. The van der Waals surface area contributed by atoms with Crippen LogP contribution in [0.3, 0.4) is 0 Å². The molecule has 1 saturated heterocycles. The summed E-state index contributed by atoms with van der Waals surface area (Å²) in [6, 6.07) is 16.3. The number of anilines is 1. The van der Waals surface area contributed by atoms with Gasteiger partial charge >= 0.3 is 0 Å². The fraction of sp³-hybridized carbons (Fsp3) is 0.370. The number of benzene rings is 2. The van der Waals surface area contributed by atoms with Crippen LogP contribution in [0.1, 0.15) is 17.5 Å². The summed E-state index contributed by atoms with van der Waals surface area (Å²) in [5.74, 6) is 0.133. The molecule has 7 atom stereocenters. The number of hydrogen-bond acceptors (Lipinski definition) is 3. The summed E-state index contributed by atoms with van der Waals surface area (Å²) in [7, 11) is 0. The Morgan fingerprint density at radius 3 is 2.25 bits per heavy atom. The maximum atomic E-state index is 13.6. The van der Waals surface area contributed by atoms with Crippen molar-refractivity contribution in [1.29, 1.82) is 0 Å². The SMILES string of the molecule is Cc1cccc(NC(=O)C(Cc2ccccc2)N2C(=O)C3C4C=CC(C5CC45)C3C2=O)c1. The number of carbonyl (C=O) groups is 3. The van der Waals surface area contributed by atoms with Crippen LogP contribution >= 0.6 is 0 Å². The lowest BCUT2D eigenvalue weighted by atomic mass is 9.63. The van der Waals surface area contributed by atoms with Crippen LogP contribution in [0, 0.1) is 42.4 Å². The van der Waals surface area contributed by atoms with Crippen molar-refractivity contribution in [3.8, 4) is 0 Å². The Balaban J connectivity index is 1.33. The third-order valence-corrected chi connectivity index (χ3v) is 7.87. The summed E-state index contributed by atoms with van der Waals surface area (Å²) >= 11 is 0. The quantitative estimate of drug-likeness (QED) is 0.587. The zero-order valence-corrected chi connectivity index (χ0v) is 18.0. The van der Waals surface area contributed by atoms with Gasteiger partial charge in [-0.25, -0.2) is 0 Å². The smallest absolute Gasteiger partial charge is 0.248 e. The van der Waals surface area contributed by atoms with Crippen LogP contribution in [0.25, 0.3) is 0 Å². The van der Waals surface area contributed by atoms with E-state index in [2.05, 4.69) is 17.5 Å². The molecule has 3 amide bonds. The lowest BCUT2D eigenvalue weighted by Gasteiger charge is -2.37. The molecule has 5 nitrogen and oxygen atoms in total. The van der Waals surface area contributed by atoms with Crippen molar-refractivity contribution in [2.75, 3.05) is 5.32 Å². The van der Waals surface area contributed by atoms with Gasteiger partial charge in [-0.3, -0.25) is 19.3 Å².